The number of halogens is 1. The minimum atomic E-state index is -0.333. The highest BCUT2D eigenvalue weighted by atomic mass is 79.9. The number of nitrogens with one attached hydrogen (secondary N) is 3. The van der Waals surface area contributed by atoms with E-state index in [1.165, 1.54) is 12.8 Å². The second-order valence-corrected chi connectivity index (χ2v) is 6.55. The molecule has 0 heterocycles. The monoisotopic (exact) mass is 383 g/mol. The number of hydrogen-bond donors (Lipinski definition) is 3. The number of thiocarbonyl (C=S) groups is 1. The second kappa shape index (κ2) is 8.24. The van der Waals surface area contributed by atoms with Crippen molar-refractivity contribution in [2.24, 2.45) is 5.92 Å². The maximum Gasteiger partial charge on any atom is 0.270 e. The summed E-state index contributed by atoms with van der Waals surface area (Å²) >= 11 is 8.30. The molecule has 0 aliphatic heterocycles. The molecule has 1 aromatic carbocycles. The number of carbonyl (C=O) groups excluding carboxylic acids is 2. The van der Waals surface area contributed by atoms with Crippen LogP contribution in [0.2, 0.25) is 0 Å². The molecule has 0 saturated heterocycles. The first-order valence-electron chi connectivity index (χ1n) is 7.21. The smallest absolute Gasteiger partial charge is 0.270 e. The molecule has 0 unspecified atom stereocenters. The first kappa shape index (κ1) is 16.9. The fraction of sp³-hybridized carbons (Fsp3) is 0.400. The van der Waals surface area contributed by atoms with E-state index in [1.54, 1.807) is 18.2 Å². The van der Waals surface area contributed by atoms with Crippen molar-refractivity contribution in [2.45, 2.75) is 32.1 Å². The van der Waals surface area contributed by atoms with Crippen molar-refractivity contribution in [1.29, 1.82) is 0 Å². The average Bonchev–Trinajstić information content (AvgIpc) is 2.98. The summed E-state index contributed by atoms with van der Waals surface area (Å²) in [6.45, 7) is 0. The van der Waals surface area contributed by atoms with Gasteiger partial charge in [0.2, 0.25) is 5.91 Å². The third kappa shape index (κ3) is 5.06. The lowest BCUT2D eigenvalue weighted by molar-refractivity contribution is -0.120. The molecule has 7 heteroatoms. The topological polar surface area (TPSA) is 70.2 Å². The van der Waals surface area contributed by atoms with Gasteiger partial charge in [0.1, 0.15) is 0 Å². The number of amides is 2. The standard InChI is InChI=1S/C15H18BrN3O2S/c16-12-8-4-3-7-11(12)14(21)18-19-15(22)17-13(20)9-10-5-1-2-6-10/h3-4,7-8,10H,1-2,5-6,9H2,(H,18,21)(H2,17,19,20,22). The van der Waals surface area contributed by atoms with E-state index in [-0.39, 0.29) is 16.9 Å². The Morgan fingerprint density at radius 1 is 1.18 bits per heavy atom. The molecule has 2 rings (SSSR count). The molecule has 0 spiro atoms. The molecule has 1 aliphatic carbocycles. The lowest BCUT2D eigenvalue weighted by Gasteiger charge is -2.13. The Labute approximate surface area is 143 Å². The van der Waals surface area contributed by atoms with Gasteiger partial charge in [0.25, 0.3) is 5.91 Å². The highest BCUT2D eigenvalue weighted by molar-refractivity contribution is 9.10. The van der Waals surface area contributed by atoms with Gasteiger partial charge in [-0.1, -0.05) is 25.0 Å². The molecule has 2 amide bonds. The van der Waals surface area contributed by atoms with E-state index in [0.717, 1.165) is 12.8 Å². The van der Waals surface area contributed by atoms with Crippen LogP contribution in [-0.2, 0) is 4.79 Å². The summed E-state index contributed by atoms with van der Waals surface area (Å²) < 4.78 is 0.686. The van der Waals surface area contributed by atoms with E-state index in [1.807, 2.05) is 6.07 Å². The first-order chi connectivity index (χ1) is 10.6. The van der Waals surface area contributed by atoms with Crippen molar-refractivity contribution in [1.82, 2.24) is 16.2 Å². The molecule has 0 bridgehead atoms. The lowest BCUT2D eigenvalue weighted by Crippen LogP contribution is -2.48. The van der Waals surface area contributed by atoms with Gasteiger partial charge in [-0.2, -0.15) is 0 Å². The number of hydrogen-bond acceptors (Lipinski definition) is 3. The predicted molar refractivity (Wildman–Crippen MR) is 92.1 cm³/mol. The molecule has 1 aromatic rings. The Hall–Kier alpha value is -1.47. The molecule has 0 aromatic heterocycles. The normalized spacial score (nSPS) is 14.4. The van der Waals surface area contributed by atoms with Crippen molar-refractivity contribution >= 4 is 45.1 Å². The molecule has 0 atom stereocenters. The average molecular weight is 384 g/mol. The minimum absolute atomic E-state index is 0.100. The maximum absolute atomic E-state index is 12.0. The zero-order valence-electron chi connectivity index (χ0n) is 12.0. The summed E-state index contributed by atoms with van der Waals surface area (Å²) in [6.07, 6.45) is 5.09. The fourth-order valence-electron chi connectivity index (χ4n) is 2.51. The van der Waals surface area contributed by atoms with E-state index < -0.39 is 0 Å². The molecular formula is C15H18BrN3O2S. The van der Waals surface area contributed by atoms with Crippen LogP contribution in [-0.4, -0.2) is 16.9 Å². The quantitative estimate of drug-likeness (QED) is 0.554. The van der Waals surface area contributed by atoms with Crippen LogP contribution in [0.5, 0.6) is 0 Å². The van der Waals surface area contributed by atoms with Crippen LogP contribution < -0.4 is 16.2 Å². The van der Waals surface area contributed by atoms with E-state index in [0.29, 0.717) is 22.4 Å². The van der Waals surface area contributed by atoms with E-state index in [9.17, 15) is 9.59 Å². The highest BCUT2D eigenvalue weighted by Gasteiger charge is 2.19. The minimum Gasteiger partial charge on any atom is -0.302 e. The van der Waals surface area contributed by atoms with Crippen LogP contribution >= 0.6 is 28.1 Å². The van der Waals surface area contributed by atoms with Crippen LogP contribution in [0.4, 0.5) is 0 Å². The zero-order chi connectivity index (χ0) is 15.9. The van der Waals surface area contributed by atoms with Crippen LogP contribution in [0, 0.1) is 5.92 Å². The Kier molecular flexibility index (Phi) is 6.33. The third-order valence-corrected chi connectivity index (χ3v) is 4.51. The van der Waals surface area contributed by atoms with Gasteiger partial charge in [-0.05, 0) is 59.0 Å². The molecule has 5 nitrogen and oxygen atoms in total. The van der Waals surface area contributed by atoms with Crippen LogP contribution in [0.3, 0.4) is 0 Å². The molecule has 118 valence electrons. The van der Waals surface area contributed by atoms with Crippen LogP contribution in [0.15, 0.2) is 28.7 Å². The Bertz CT molecular complexity index is 574. The van der Waals surface area contributed by atoms with Gasteiger partial charge in [0, 0.05) is 10.9 Å². The maximum atomic E-state index is 12.0. The van der Waals surface area contributed by atoms with Gasteiger partial charge in [-0.15, -0.1) is 0 Å². The zero-order valence-corrected chi connectivity index (χ0v) is 14.4. The Balaban J connectivity index is 1.74. The largest absolute Gasteiger partial charge is 0.302 e. The molecule has 1 saturated carbocycles. The molecular weight excluding hydrogens is 366 g/mol. The Morgan fingerprint density at radius 2 is 1.86 bits per heavy atom. The fourth-order valence-corrected chi connectivity index (χ4v) is 3.14. The molecule has 1 aliphatic rings. The summed E-state index contributed by atoms with van der Waals surface area (Å²) in [5.74, 6) is 0.0112. The SMILES string of the molecule is O=C(CC1CCCC1)NC(=S)NNC(=O)c1ccccc1Br. The summed E-state index contributed by atoms with van der Waals surface area (Å²) in [4.78, 5) is 23.8. The van der Waals surface area contributed by atoms with Crippen molar-refractivity contribution < 1.29 is 9.59 Å². The highest BCUT2D eigenvalue weighted by Crippen LogP contribution is 2.27. The Morgan fingerprint density at radius 3 is 2.55 bits per heavy atom. The third-order valence-electron chi connectivity index (χ3n) is 3.61. The van der Waals surface area contributed by atoms with Crippen LogP contribution in [0.1, 0.15) is 42.5 Å². The molecule has 0 radical (unpaired) electrons. The van der Waals surface area contributed by atoms with E-state index in [2.05, 4.69) is 32.1 Å². The summed E-state index contributed by atoms with van der Waals surface area (Å²) in [5.41, 5.74) is 5.49. The van der Waals surface area contributed by atoms with Gasteiger partial charge in [-0.25, -0.2) is 0 Å². The van der Waals surface area contributed by atoms with Gasteiger partial charge in [0.05, 0.1) is 5.56 Å². The van der Waals surface area contributed by atoms with Gasteiger partial charge >= 0.3 is 0 Å². The lowest BCUT2D eigenvalue weighted by atomic mass is 10.0. The number of hydrazine groups is 1. The summed E-state index contributed by atoms with van der Waals surface area (Å²) in [5, 5.41) is 2.68. The van der Waals surface area contributed by atoms with E-state index >= 15 is 0 Å². The van der Waals surface area contributed by atoms with Crippen molar-refractivity contribution in [3.05, 3.63) is 34.3 Å². The molecule has 3 N–H and O–H groups in total. The van der Waals surface area contributed by atoms with Crippen molar-refractivity contribution in [3.63, 3.8) is 0 Å². The van der Waals surface area contributed by atoms with E-state index in [4.69, 9.17) is 12.2 Å². The number of carbonyl (C=O) groups is 2. The first-order valence-corrected chi connectivity index (χ1v) is 8.41. The molecule has 22 heavy (non-hydrogen) atoms. The number of rotatable bonds is 3. The predicted octanol–water partition coefficient (Wildman–Crippen LogP) is 2.66. The summed E-state index contributed by atoms with van der Waals surface area (Å²) in [7, 11) is 0. The van der Waals surface area contributed by atoms with Gasteiger partial charge in [0.15, 0.2) is 5.11 Å². The number of benzene rings is 1. The van der Waals surface area contributed by atoms with Gasteiger partial charge < -0.3 is 5.32 Å². The molecule has 1 fully saturated rings. The second-order valence-electron chi connectivity index (χ2n) is 5.29. The van der Waals surface area contributed by atoms with Crippen molar-refractivity contribution in [2.75, 3.05) is 0 Å². The van der Waals surface area contributed by atoms with Crippen molar-refractivity contribution in [3.8, 4) is 0 Å². The van der Waals surface area contributed by atoms with Gasteiger partial charge in [-0.3, -0.25) is 20.4 Å². The van der Waals surface area contributed by atoms with Crippen LogP contribution in [0.25, 0.3) is 0 Å². The summed E-state index contributed by atoms with van der Waals surface area (Å²) in [6, 6.07) is 7.04.